The Hall–Kier alpha value is -3.44. The number of hydrogen-bond acceptors (Lipinski definition) is 14. The molecule has 0 aromatic carbocycles. The summed E-state index contributed by atoms with van der Waals surface area (Å²) in [6.07, 6.45) is 2.37. The third kappa shape index (κ3) is 10.5. The highest BCUT2D eigenvalue weighted by molar-refractivity contribution is 7.89. The van der Waals surface area contributed by atoms with Crippen LogP contribution in [0.4, 0.5) is 17.8 Å². The summed E-state index contributed by atoms with van der Waals surface area (Å²) in [5.41, 5.74) is 0. The van der Waals surface area contributed by atoms with Crippen molar-refractivity contribution in [2.24, 2.45) is 0 Å². The Balaban J connectivity index is 2.45. The second-order valence-electron chi connectivity index (χ2n) is 7.40. The van der Waals surface area contributed by atoms with Crippen molar-refractivity contribution in [2.45, 2.75) is 12.5 Å². The smallest absolute Gasteiger partial charge is 0.357 e. The summed E-state index contributed by atoms with van der Waals surface area (Å²) in [6.45, 7) is -1.89. The van der Waals surface area contributed by atoms with E-state index in [2.05, 4.69) is 30.3 Å². The summed E-state index contributed by atoms with van der Waals surface area (Å²) in [5, 5.41) is 23.6. The Bertz CT molecular complexity index is 1350. The zero-order valence-electron chi connectivity index (χ0n) is 19.3. The number of allylic oxidation sites excluding steroid dienone is 2. The van der Waals surface area contributed by atoms with Gasteiger partial charge in [-0.3, -0.25) is 18.7 Å². The summed E-state index contributed by atoms with van der Waals surface area (Å²) >= 11 is -2.83. The number of rotatable bonds is 15. The molecule has 19 nitrogen and oxygen atoms in total. The zero-order valence-corrected chi connectivity index (χ0v) is 21.8. The van der Waals surface area contributed by atoms with E-state index < -0.39 is 85.8 Å². The van der Waals surface area contributed by atoms with Crippen molar-refractivity contribution in [1.29, 1.82) is 0 Å². The summed E-state index contributed by atoms with van der Waals surface area (Å²) in [5.74, 6) is -4.23. The van der Waals surface area contributed by atoms with Crippen LogP contribution in [-0.4, -0.2) is 106 Å². The van der Waals surface area contributed by atoms with Gasteiger partial charge in [-0.05, 0) is 12.2 Å². The van der Waals surface area contributed by atoms with Crippen molar-refractivity contribution in [3.05, 3.63) is 22.8 Å². The van der Waals surface area contributed by atoms with Gasteiger partial charge in [0.1, 0.15) is 18.8 Å². The van der Waals surface area contributed by atoms with Crippen LogP contribution in [0.15, 0.2) is 22.8 Å². The van der Waals surface area contributed by atoms with Crippen LogP contribution < -0.4 is 20.3 Å². The predicted octanol–water partition coefficient (Wildman–Crippen LogP) is -2.20. The molecule has 1 aromatic rings. The topological polar surface area (TPSA) is 288 Å². The molecule has 0 amide bonds. The number of aromatic nitrogens is 3. The maximum absolute atomic E-state index is 11.6. The van der Waals surface area contributed by atoms with Gasteiger partial charge in [0.25, 0.3) is 10.1 Å². The molecule has 2 unspecified atom stereocenters. The lowest BCUT2D eigenvalue weighted by Crippen LogP contribution is -2.36. The molecule has 0 aliphatic heterocycles. The first kappa shape index (κ1) is 30.8. The summed E-state index contributed by atoms with van der Waals surface area (Å²) in [6, 6.07) is -1.25. The highest BCUT2D eigenvalue weighted by Crippen LogP contribution is 2.27. The van der Waals surface area contributed by atoms with Crippen LogP contribution in [0.1, 0.15) is 6.42 Å². The average molecular weight is 602 g/mol. The molecule has 1 heterocycles. The molecule has 0 bridgehead atoms. The standard InChI is InChI=1S/C16H23N7O12S3/c1-37(30,31)18-5-4-17-14-20-15(22-16(21-14)23(7-12(24)25)8-13(26)27)19-10-6-9(38(32,33)34)2-3-11(10)35-36(28)29/h2-3,10,18H,4-8H2,1H3,(H,24,25)(H,26,27)(H,28,29)(H,32,33,34)(H2,17,19,20,21,22). The number of aliphatic carboxylic acids is 2. The minimum Gasteiger partial charge on any atom is -0.480 e. The van der Waals surface area contributed by atoms with Gasteiger partial charge >= 0.3 is 23.3 Å². The fourth-order valence-corrected chi connectivity index (χ4v) is 4.31. The summed E-state index contributed by atoms with van der Waals surface area (Å²) in [7, 11) is -8.19. The van der Waals surface area contributed by atoms with Crippen molar-refractivity contribution in [1.82, 2.24) is 19.7 Å². The Morgan fingerprint density at radius 3 is 2.21 bits per heavy atom. The third-order valence-corrected chi connectivity index (χ3v) is 6.34. The fraction of sp³-hybridized carbons (Fsp3) is 0.438. The number of carboxylic acid groups (broad SMARTS) is 2. The van der Waals surface area contributed by atoms with Crippen molar-refractivity contribution in [3.63, 3.8) is 0 Å². The van der Waals surface area contributed by atoms with Crippen molar-refractivity contribution >= 4 is 61.3 Å². The molecule has 2 rings (SSSR count). The van der Waals surface area contributed by atoms with Crippen LogP contribution in [0, 0.1) is 0 Å². The number of carbonyl (C=O) groups is 2. The average Bonchev–Trinajstić information content (AvgIpc) is 2.75. The fourth-order valence-electron chi connectivity index (χ4n) is 2.88. The van der Waals surface area contributed by atoms with E-state index in [1.54, 1.807) is 0 Å². The summed E-state index contributed by atoms with van der Waals surface area (Å²) < 4.78 is 82.3. The first-order chi connectivity index (χ1) is 17.5. The normalized spacial score (nSPS) is 16.6. The molecule has 0 spiro atoms. The van der Waals surface area contributed by atoms with Crippen LogP contribution in [-0.2, 0) is 45.3 Å². The first-order valence-electron chi connectivity index (χ1n) is 10.1. The van der Waals surface area contributed by atoms with Gasteiger partial charge in [0.15, 0.2) is 0 Å². The van der Waals surface area contributed by atoms with E-state index in [-0.39, 0.29) is 24.8 Å². The molecule has 38 heavy (non-hydrogen) atoms. The molecule has 7 N–H and O–H groups in total. The Kier molecular flexibility index (Phi) is 10.4. The van der Waals surface area contributed by atoms with Gasteiger partial charge in [0.05, 0.1) is 17.2 Å². The minimum absolute atomic E-state index is 0.0787. The first-order valence-corrected chi connectivity index (χ1v) is 14.5. The molecule has 0 saturated carbocycles. The Labute approximate surface area is 218 Å². The maximum atomic E-state index is 11.6. The van der Waals surface area contributed by atoms with E-state index >= 15 is 0 Å². The van der Waals surface area contributed by atoms with Crippen molar-refractivity contribution < 1.29 is 54.1 Å². The molecule has 22 heteroatoms. The molecule has 1 aromatic heterocycles. The van der Waals surface area contributed by atoms with Crippen LogP contribution >= 0.6 is 0 Å². The highest BCUT2D eigenvalue weighted by Gasteiger charge is 2.29. The van der Waals surface area contributed by atoms with Gasteiger partial charge in [-0.25, -0.2) is 13.1 Å². The van der Waals surface area contributed by atoms with E-state index in [0.717, 1.165) is 23.3 Å². The van der Waals surface area contributed by atoms with Crippen LogP contribution in [0.25, 0.3) is 0 Å². The lowest BCUT2D eigenvalue weighted by Gasteiger charge is -2.25. The largest absolute Gasteiger partial charge is 0.480 e. The SMILES string of the molecule is CS(=O)(=O)NCCNc1nc(NC2CC(S(=O)(=O)O)=CC=C2OS(=O)O)nc(N(CC(=O)O)CC(=O)O)n1. The molecule has 0 fully saturated rings. The number of nitrogens with one attached hydrogen (secondary N) is 3. The lowest BCUT2D eigenvalue weighted by atomic mass is 10.1. The second-order valence-corrected chi connectivity index (χ2v) is 11.3. The van der Waals surface area contributed by atoms with E-state index in [0.29, 0.717) is 0 Å². The number of nitrogens with zero attached hydrogens (tertiary/aromatic N) is 4. The van der Waals surface area contributed by atoms with E-state index in [4.69, 9.17) is 18.9 Å². The molecule has 0 saturated heterocycles. The molecule has 1 aliphatic rings. The quantitative estimate of drug-likeness (QED) is 0.0637. The van der Waals surface area contributed by atoms with E-state index in [1.165, 1.54) is 0 Å². The van der Waals surface area contributed by atoms with Crippen LogP contribution in [0.5, 0.6) is 0 Å². The van der Waals surface area contributed by atoms with Crippen molar-refractivity contribution in [2.75, 3.05) is 48.0 Å². The third-order valence-electron chi connectivity index (χ3n) is 4.32. The van der Waals surface area contributed by atoms with Gasteiger partial charge in [-0.1, -0.05) is 0 Å². The highest BCUT2D eigenvalue weighted by atomic mass is 32.2. The number of hydrogen-bond donors (Lipinski definition) is 7. The van der Waals surface area contributed by atoms with E-state index in [9.17, 15) is 35.2 Å². The molecular weight excluding hydrogens is 578 g/mol. The van der Waals surface area contributed by atoms with Gasteiger partial charge in [0, 0.05) is 19.5 Å². The number of anilines is 3. The van der Waals surface area contributed by atoms with Gasteiger partial charge in [-0.15, -0.1) is 0 Å². The monoisotopic (exact) mass is 601 g/mol. The Morgan fingerprint density at radius 2 is 1.68 bits per heavy atom. The van der Waals surface area contributed by atoms with Crippen LogP contribution in [0.3, 0.4) is 0 Å². The van der Waals surface area contributed by atoms with E-state index in [1.807, 2.05) is 0 Å². The lowest BCUT2D eigenvalue weighted by molar-refractivity contribution is -0.136. The Morgan fingerprint density at radius 1 is 1.08 bits per heavy atom. The second kappa shape index (κ2) is 12.9. The predicted molar refractivity (Wildman–Crippen MR) is 130 cm³/mol. The molecular formula is C16H23N7O12S3. The summed E-state index contributed by atoms with van der Waals surface area (Å²) in [4.78, 5) is 34.7. The molecule has 1 aliphatic carbocycles. The molecule has 2 atom stereocenters. The molecule has 212 valence electrons. The van der Waals surface area contributed by atoms with Gasteiger partial charge in [-0.2, -0.15) is 27.6 Å². The van der Waals surface area contributed by atoms with Crippen LogP contribution in [0.2, 0.25) is 0 Å². The zero-order chi connectivity index (χ0) is 28.7. The van der Waals surface area contributed by atoms with Gasteiger partial charge < -0.3 is 29.9 Å². The van der Waals surface area contributed by atoms with Crippen molar-refractivity contribution in [3.8, 4) is 0 Å². The number of sulfonamides is 1. The maximum Gasteiger partial charge on any atom is 0.357 e. The number of carboxylic acids is 2. The minimum atomic E-state index is -4.66. The van der Waals surface area contributed by atoms with Gasteiger partial charge in [0.2, 0.25) is 27.9 Å². The molecule has 0 radical (unpaired) electrons.